The van der Waals surface area contributed by atoms with Crippen LogP contribution in [0.3, 0.4) is 0 Å². The Morgan fingerprint density at radius 2 is 2.10 bits per heavy atom. The van der Waals surface area contributed by atoms with Crippen LogP contribution >= 0.6 is 0 Å². The second-order valence-electron chi connectivity index (χ2n) is 4.97. The highest BCUT2D eigenvalue weighted by atomic mass is 15.1. The van der Waals surface area contributed by atoms with Gasteiger partial charge in [-0.1, -0.05) is 24.3 Å². The zero-order chi connectivity index (χ0) is 13.7. The van der Waals surface area contributed by atoms with E-state index in [9.17, 15) is 0 Å². The molecule has 5 nitrogen and oxygen atoms in total. The fourth-order valence-corrected chi connectivity index (χ4v) is 2.55. The van der Waals surface area contributed by atoms with E-state index in [1.165, 1.54) is 11.1 Å². The second kappa shape index (κ2) is 3.90. The number of H-pyrrole nitrogens is 1. The highest BCUT2D eigenvalue weighted by molar-refractivity contribution is 5.84. The van der Waals surface area contributed by atoms with Crippen LogP contribution < -0.4 is 5.73 Å². The van der Waals surface area contributed by atoms with E-state index in [1.807, 2.05) is 13.0 Å². The highest BCUT2D eigenvalue weighted by Gasteiger charge is 2.12. The monoisotopic (exact) mass is 263 g/mol. The average Bonchev–Trinajstić information content (AvgIpc) is 3.03. The molecule has 98 valence electrons. The molecule has 0 saturated carbocycles. The number of fused-ring (bicyclic) bond motifs is 2. The molecular formula is C15H13N5. The van der Waals surface area contributed by atoms with Crippen LogP contribution in [0.5, 0.6) is 0 Å². The standard InChI is InChI=1S/C15H13N5/c1-8-17-12-13(16)19-14(20-15(12)18-8)11-6-5-9-3-2-4-10(9)7-11/h2,4-7H,3H2,1H3,(H3,16,17,18,19,20). The topological polar surface area (TPSA) is 80.5 Å². The van der Waals surface area contributed by atoms with Gasteiger partial charge in [0, 0.05) is 5.56 Å². The molecule has 3 aromatic rings. The van der Waals surface area contributed by atoms with E-state index in [0.717, 1.165) is 17.8 Å². The van der Waals surface area contributed by atoms with Gasteiger partial charge in [-0.2, -0.15) is 0 Å². The molecule has 0 fully saturated rings. The first kappa shape index (κ1) is 11.2. The van der Waals surface area contributed by atoms with Crippen LogP contribution in [0.2, 0.25) is 0 Å². The Morgan fingerprint density at radius 1 is 1.20 bits per heavy atom. The average molecular weight is 263 g/mol. The van der Waals surface area contributed by atoms with Gasteiger partial charge in [-0.15, -0.1) is 0 Å². The summed E-state index contributed by atoms with van der Waals surface area (Å²) in [6, 6.07) is 6.25. The summed E-state index contributed by atoms with van der Waals surface area (Å²) in [5.74, 6) is 1.82. The zero-order valence-electron chi connectivity index (χ0n) is 11.0. The summed E-state index contributed by atoms with van der Waals surface area (Å²) in [4.78, 5) is 16.3. The SMILES string of the molecule is Cc1nc2c(N)nc(-c3ccc4c(c3)C=CC4)nc2[nH]1. The summed E-state index contributed by atoms with van der Waals surface area (Å²) in [7, 11) is 0. The van der Waals surface area contributed by atoms with Crippen LogP contribution in [-0.2, 0) is 6.42 Å². The van der Waals surface area contributed by atoms with Crippen molar-refractivity contribution >= 4 is 23.1 Å². The van der Waals surface area contributed by atoms with E-state index >= 15 is 0 Å². The lowest BCUT2D eigenvalue weighted by atomic mass is 10.1. The molecular weight excluding hydrogens is 250 g/mol. The van der Waals surface area contributed by atoms with Crippen molar-refractivity contribution in [3.63, 3.8) is 0 Å². The van der Waals surface area contributed by atoms with Crippen molar-refractivity contribution in [1.29, 1.82) is 0 Å². The fourth-order valence-electron chi connectivity index (χ4n) is 2.55. The molecule has 20 heavy (non-hydrogen) atoms. The first-order valence-corrected chi connectivity index (χ1v) is 6.50. The number of nitrogens with one attached hydrogen (secondary N) is 1. The van der Waals surface area contributed by atoms with Crippen molar-refractivity contribution in [3.8, 4) is 11.4 Å². The van der Waals surface area contributed by atoms with Crippen molar-refractivity contribution in [1.82, 2.24) is 19.9 Å². The minimum atomic E-state index is 0.408. The molecule has 2 aromatic heterocycles. The van der Waals surface area contributed by atoms with Crippen molar-refractivity contribution < 1.29 is 0 Å². The third-order valence-electron chi connectivity index (χ3n) is 3.53. The van der Waals surface area contributed by atoms with Gasteiger partial charge in [0.25, 0.3) is 0 Å². The van der Waals surface area contributed by atoms with Gasteiger partial charge < -0.3 is 10.7 Å². The van der Waals surface area contributed by atoms with Gasteiger partial charge in [-0.25, -0.2) is 15.0 Å². The molecule has 1 aliphatic rings. The number of hydrogen-bond donors (Lipinski definition) is 2. The molecule has 0 aliphatic heterocycles. The van der Waals surface area contributed by atoms with E-state index in [2.05, 4.69) is 44.2 Å². The Labute approximate surface area is 115 Å². The number of nitrogens with two attached hydrogens (primary N) is 1. The van der Waals surface area contributed by atoms with Crippen molar-refractivity contribution in [2.75, 3.05) is 5.73 Å². The summed E-state index contributed by atoms with van der Waals surface area (Å²) in [6.07, 6.45) is 5.28. The Bertz CT molecular complexity index is 860. The van der Waals surface area contributed by atoms with Gasteiger partial charge >= 0.3 is 0 Å². The fraction of sp³-hybridized carbons (Fsp3) is 0.133. The highest BCUT2D eigenvalue weighted by Crippen LogP contribution is 2.26. The number of rotatable bonds is 1. The largest absolute Gasteiger partial charge is 0.382 e. The molecule has 0 atom stereocenters. The number of aromatic amines is 1. The Balaban J connectivity index is 1.91. The van der Waals surface area contributed by atoms with Crippen molar-refractivity contribution in [3.05, 3.63) is 41.2 Å². The lowest BCUT2D eigenvalue weighted by Crippen LogP contribution is -1.98. The normalized spacial score (nSPS) is 13.1. The summed E-state index contributed by atoms with van der Waals surface area (Å²) >= 11 is 0. The van der Waals surface area contributed by atoms with E-state index < -0.39 is 0 Å². The van der Waals surface area contributed by atoms with Crippen molar-refractivity contribution in [2.24, 2.45) is 0 Å². The molecule has 0 amide bonds. The number of imidazole rings is 1. The second-order valence-corrected chi connectivity index (χ2v) is 4.97. The number of hydrogen-bond acceptors (Lipinski definition) is 4. The summed E-state index contributed by atoms with van der Waals surface area (Å²) in [5, 5.41) is 0. The third-order valence-corrected chi connectivity index (χ3v) is 3.53. The van der Waals surface area contributed by atoms with Crippen LogP contribution in [0, 0.1) is 6.92 Å². The maximum atomic E-state index is 5.97. The quantitative estimate of drug-likeness (QED) is 0.706. The lowest BCUT2D eigenvalue weighted by molar-refractivity contribution is 1.16. The van der Waals surface area contributed by atoms with Gasteiger partial charge in [-0.3, -0.25) is 0 Å². The van der Waals surface area contributed by atoms with Crippen LogP contribution in [0.25, 0.3) is 28.6 Å². The van der Waals surface area contributed by atoms with Gasteiger partial charge in [0.1, 0.15) is 11.3 Å². The first-order chi connectivity index (χ1) is 9.70. The number of benzene rings is 1. The third kappa shape index (κ3) is 1.60. The molecule has 0 spiro atoms. The Morgan fingerprint density at radius 3 is 3.00 bits per heavy atom. The number of anilines is 1. The molecule has 0 saturated heterocycles. The van der Waals surface area contributed by atoms with Crippen LogP contribution in [-0.4, -0.2) is 19.9 Å². The smallest absolute Gasteiger partial charge is 0.164 e. The number of aromatic nitrogens is 4. The maximum Gasteiger partial charge on any atom is 0.164 e. The van der Waals surface area contributed by atoms with E-state index in [0.29, 0.717) is 22.8 Å². The summed E-state index contributed by atoms with van der Waals surface area (Å²) in [5.41, 5.74) is 10.8. The molecule has 4 rings (SSSR count). The zero-order valence-corrected chi connectivity index (χ0v) is 11.0. The molecule has 0 bridgehead atoms. The summed E-state index contributed by atoms with van der Waals surface area (Å²) in [6.45, 7) is 1.88. The van der Waals surface area contributed by atoms with Gasteiger partial charge in [-0.05, 0) is 30.5 Å². The molecule has 2 heterocycles. The van der Waals surface area contributed by atoms with Crippen LogP contribution in [0.1, 0.15) is 17.0 Å². The minimum absolute atomic E-state index is 0.408. The van der Waals surface area contributed by atoms with E-state index in [-0.39, 0.29) is 0 Å². The molecule has 3 N–H and O–H groups in total. The summed E-state index contributed by atoms with van der Waals surface area (Å²) < 4.78 is 0. The van der Waals surface area contributed by atoms with E-state index in [4.69, 9.17) is 5.73 Å². The number of allylic oxidation sites excluding steroid dienone is 1. The Kier molecular flexibility index (Phi) is 2.18. The number of nitrogen functional groups attached to an aromatic ring is 1. The molecule has 5 heteroatoms. The maximum absolute atomic E-state index is 5.97. The van der Waals surface area contributed by atoms with Gasteiger partial charge in [0.15, 0.2) is 17.3 Å². The molecule has 1 aromatic carbocycles. The predicted octanol–water partition coefficient (Wildman–Crippen LogP) is 2.48. The predicted molar refractivity (Wildman–Crippen MR) is 79.0 cm³/mol. The molecule has 0 radical (unpaired) electrons. The van der Waals surface area contributed by atoms with Gasteiger partial charge in [0.2, 0.25) is 0 Å². The first-order valence-electron chi connectivity index (χ1n) is 6.50. The minimum Gasteiger partial charge on any atom is -0.382 e. The number of nitrogens with zero attached hydrogens (tertiary/aromatic N) is 3. The molecule has 1 aliphatic carbocycles. The molecule has 0 unspecified atom stereocenters. The van der Waals surface area contributed by atoms with Crippen LogP contribution in [0.15, 0.2) is 24.3 Å². The lowest BCUT2D eigenvalue weighted by Gasteiger charge is -2.04. The Hall–Kier alpha value is -2.69. The van der Waals surface area contributed by atoms with E-state index in [1.54, 1.807) is 0 Å². The van der Waals surface area contributed by atoms with Crippen LogP contribution in [0.4, 0.5) is 5.82 Å². The number of aryl methyl sites for hydroxylation is 1. The van der Waals surface area contributed by atoms with Gasteiger partial charge in [0.05, 0.1) is 0 Å². The van der Waals surface area contributed by atoms with Crippen molar-refractivity contribution in [2.45, 2.75) is 13.3 Å².